The van der Waals surface area contributed by atoms with E-state index in [1.165, 1.54) is 10.6 Å². The number of allylic oxidation sites excluding steroid dienone is 1. The maximum absolute atomic E-state index is 12.3. The summed E-state index contributed by atoms with van der Waals surface area (Å²) in [7, 11) is 1.66. The average Bonchev–Trinajstić information content (AvgIpc) is 2.43. The summed E-state index contributed by atoms with van der Waals surface area (Å²) < 4.78 is 1.45. The van der Waals surface area contributed by atoms with Crippen LogP contribution in [0.2, 0.25) is 0 Å². The summed E-state index contributed by atoms with van der Waals surface area (Å²) in [6.07, 6.45) is 4.97. The van der Waals surface area contributed by atoms with Gasteiger partial charge in [0.25, 0.3) is 5.56 Å². The van der Waals surface area contributed by atoms with Crippen LogP contribution >= 0.6 is 0 Å². The average molecular weight is 281 g/mol. The summed E-state index contributed by atoms with van der Waals surface area (Å²) >= 11 is 0. The number of carbonyl (C=O) groups excluding carboxylic acids is 1. The molecule has 2 aromatic rings. The monoisotopic (exact) mass is 281 g/mol. The fraction of sp³-hybridized carbons (Fsp3) is 0.222. The lowest BCUT2D eigenvalue weighted by atomic mass is 10.0. The number of ketones is 1. The van der Waals surface area contributed by atoms with Crippen molar-refractivity contribution in [2.45, 2.75) is 20.8 Å². The van der Waals surface area contributed by atoms with Crippen molar-refractivity contribution in [1.82, 2.24) is 4.57 Å². The SMILES string of the molecule is Cc1cccc(/C=C/C(=O)c2c(C)c(C)cn(C)c2=O)c1. The molecule has 108 valence electrons. The van der Waals surface area contributed by atoms with Crippen LogP contribution in [-0.2, 0) is 7.05 Å². The van der Waals surface area contributed by atoms with Crippen molar-refractivity contribution in [3.8, 4) is 0 Å². The number of carbonyl (C=O) groups is 1. The third kappa shape index (κ3) is 3.19. The molecule has 0 aliphatic heterocycles. The van der Waals surface area contributed by atoms with Crippen LogP contribution in [0.3, 0.4) is 0 Å². The van der Waals surface area contributed by atoms with Crippen LogP contribution in [0, 0.1) is 20.8 Å². The van der Waals surface area contributed by atoms with E-state index in [0.29, 0.717) is 0 Å². The summed E-state index contributed by atoms with van der Waals surface area (Å²) in [6.45, 7) is 5.71. The highest BCUT2D eigenvalue weighted by atomic mass is 16.1. The van der Waals surface area contributed by atoms with Gasteiger partial charge in [-0.2, -0.15) is 0 Å². The van der Waals surface area contributed by atoms with Gasteiger partial charge in [-0.05, 0) is 43.5 Å². The first-order valence-electron chi connectivity index (χ1n) is 6.86. The van der Waals surface area contributed by atoms with Gasteiger partial charge in [0.1, 0.15) is 0 Å². The fourth-order valence-electron chi connectivity index (χ4n) is 2.30. The molecule has 0 aliphatic carbocycles. The van der Waals surface area contributed by atoms with E-state index in [-0.39, 0.29) is 16.9 Å². The Morgan fingerprint density at radius 2 is 1.90 bits per heavy atom. The minimum absolute atomic E-state index is 0.251. The summed E-state index contributed by atoms with van der Waals surface area (Å²) in [5.41, 5.74) is 3.76. The molecule has 3 nitrogen and oxygen atoms in total. The molecule has 0 radical (unpaired) electrons. The Bertz CT molecular complexity index is 782. The van der Waals surface area contributed by atoms with E-state index in [0.717, 1.165) is 22.3 Å². The predicted octanol–water partition coefficient (Wildman–Crippen LogP) is 3.21. The number of nitrogens with zero attached hydrogens (tertiary/aromatic N) is 1. The number of aryl methyl sites for hydroxylation is 3. The highest BCUT2D eigenvalue weighted by Gasteiger charge is 2.14. The molecule has 0 aliphatic rings. The van der Waals surface area contributed by atoms with Crippen molar-refractivity contribution in [1.29, 1.82) is 0 Å². The summed E-state index contributed by atoms with van der Waals surface area (Å²) in [5, 5.41) is 0. The van der Waals surface area contributed by atoms with Gasteiger partial charge in [0.15, 0.2) is 5.78 Å². The quantitative estimate of drug-likeness (QED) is 0.640. The Morgan fingerprint density at radius 1 is 1.19 bits per heavy atom. The molecule has 1 aromatic heterocycles. The second-order valence-electron chi connectivity index (χ2n) is 5.34. The third-order valence-electron chi connectivity index (χ3n) is 3.60. The van der Waals surface area contributed by atoms with Gasteiger partial charge >= 0.3 is 0 Å². The van der Waals surface area contributed by atoms with E-state index in [1.807, 2.05) is 45.0 Å². The van der Waals surface area contributed by atoms with E-state index < -0.39 is 0 Å². The van der Waals surface area contributed by atoms with Gasteiger partial charge in [-0.3, -0.25) is 9.59 Å². The van der Waals surface area contributed by atoms with Gasteiger partial charge in [0.2, 0.25) is 0 Å². The van der Waals surface area contributed by atoms with Crippen LogP contribution in [0.1, 0.15) is 32.6 Å². The Hall–Kier alpha value is -2.42. The zero-order valence-corrected chi connectivity index (χ0v) is 12.8. The number of hydrogen-bond donors (Lipinski definition) is 0. The Morgan fingerprint density at radius 3 is 2.57 bits per heavy atom. The Kier molecular flexibility index (Phi) is 4.22. The fourth-order valence-corrected chi connectivity index (χ4v) is 2.30. The number of pyridine rings is 1. The van der Waals surface area contributed by atoms with Gasteiger partial charge < -0.3 is 4.57 Å². The maximum Gasteiger partial charge on any atom is 0.261 e. The molecule has 0 N–H and O–H groups in total. The van der Waals surface area contributed by atoms with Crippen LogP contribution in [0.25, 0.3) is 6.08 Å². The maximum atomic E-state index is 12.3. The zero-order valence-electron chi connectivity index (χ0n) is 12.8. The third-order valence-corrected chi connectivity index (χ3v) is 3.60. The van der Waals surface area contributed by atoms with Crippen molar-refractivity contribution in [2.24, 2.45) is 7.05 Å². The first-order valence-corrected chi connectivity index (χ1v) is 6.86. The van der Waals surface area contributed by atoms with Gasteiger partial charge in [0, 0.05) is 13.2 Å². The zero-order chi connectivity index (χ0) is 15.6. The van der Waals surface area contributed by atoms with Crippen molar-refractivity contribution in [3.05, 3.63) is 74.7 Å². The van der Waals surface area contributed by atoms with Crippen molar-refractivity contribution in [2.75, 3.05) is 0 Å². The number of hydrogen-bond acceptors (Lipinski definition) is 2. The van der Waals surface area contributed by atoms with Crippen LogP contribution in [0.4, 0.5) is 0 Å². The van der Waals surface area contributed by atoms with Gasteiger partial charge in [-0.1, -0.05) is 35.9 Å². The molecular weight excluding hydrogens is 262 g/mol. The van der Waals surface area contributed by atoms with Gasteiger partial charge in [-0.25, -0.2) is 0 Å². The van der Waals surface area contributed by atoms with E-state index in [1.54, 1.807) is 19.3 Å². The van der Waals surface area contributed by atoms with Crippen molar-refractivity contribution < 1.29 is 4.79 Å². The molecule has 21 heavy (non-hydrogen) atoms. The first-order chi connectivity index (χ1) is 9.90. The van der Waals surface area contributed by atoms with Gasteiger partial charge in [0.05, 0.1) is 5.56 Å². The Labute approximate surface area is 124 Å². The molecule has 2 rings (SSSR count). The molecule has 1 heterocycles. The molecule has 0 bridgehead atoms. The highest BCUT2D eigenvalue weighted by molar-refractivity contribution is 6.07. The first kappa shape index (κ1) is 15.0. The van der Waals surface area contributed by atoms with E-state index in [2.05, 4.69) is 0 Å². The summed E-state index contributed by atoms with van der Waals surface area (Å²) in [5.74, 6) is -0.252. The second kappa shape index (κ2) is 5.92. The van der Waals surface area contributed by atoms with Crippen molar-refractivity contribution >= 4 is 11.9 Å². The largest absolute Gasteiger partial charge is 0.318 e. The summed E-state index contributed by atoms with van der Waals surface area (Å²) in [6, 6.07) is 7.86. The number of rotatable bonds is 3. The molecule has 1 aromatic carbocycles. The molecular formula is C18H19NO2. The smallest absolute Gasteiger partial charge is 0.261 e. The van der Waals surface area contributed by atoms with Gasteiger partial charge in [-0.15, -0.1) is 0 Å². The molecule has 0 unspecified atom stereocenters. The lowest BCUT2D eigenvalue weighted by molar-refractivity contribution is 0.104. The molecule has 3 heteroatoms. The summed E-state index contributed by atoms with van der Waals surface area (Å²) in [4.78, 5) is 24.5. The lowest BCUT2D eigenvalue weighted by Gasteiger charge is -2.08. The standard InChI is InChI=1S/C18H19NO2/c1-12-6-5-7-15(10-12)8-9-16(20)17-14(3)13(2)11-19(4)18(17)21/h5-11H,1-4H3/b9-8+. The number of benzene rings is 1. The van der Waals surface area contributed by atoms with Crippen LogP contribution in [0.5, 0.6) is 0 Å². The van der Waals surface area contributed by atoms with Crippen LogP contribution in [0.15, 0.2) is 41.3 Å². The van der Waals surface area contributed by atoms with Crippen LogP contribution < -0.4 is 5.56 Å². The minimum atomic E-state index is -0.253. The molecule has 0 fully saturated rings. The second-order valence-corrected chi connectivity index (χ2v) is 5.34. The minimum Gasteiger partial charge on any atom is -0.318 e. The molecule has 0 spiro atoms. The molecule has 0 saturated heterocycles. The van der Waals surface area contributed by atoms with E-state index >= 15 is 0 Å². The predicted molar refractivity (Wildman–Crippen MR) is 85.7 cm³/mol. The van der Waals surface area contributed by atoms with Crippen molar-refractivity contribution in [3.63, 3.8) is 0 Å². The Balaban J connectivity index is 2.40. The molecule has 0 atom stereocenters. The van der Waals surface area contributed by atoms with Crippen LogP contribution in [-0.4, -0.2) is 10.4 Å². The molecule has 0 amide bonds. The number of aromatic nitrogens is 1. The molecule has 0 saturated carbocycles. The topological polar surface area (TPSA) is 39.1 Å². The highest BCUT2D eigenvalue weighted by Crippen LogP contribution is 2.11. The van der Waals surface area contributed by atoms with E-state index in [4.69, 9.17) is 0 Å². The lowest BCUT2D eigenvalue weighted by Crippen LogP contribution is -2.25. The normalized spacial score (nSPS) is 11.0. The van der Waals surface area contributed by atoms with E-state index in [9.17, 15) is 9.59 Å².